The molecular formula is C23H31N3O2. The number of hydrogen-bond donors (Lipinski definition) is 2. The van der Waals surface area contributed by atoms with Gasteiger partial charge < -0.3 is 16.0 Å². The number of nitrogens with two attached hydrogens (primary N) is 1. The average molecular weight is 382 g/mol. The van der Waals surface area contributed by atoms with Crippen LogP contribution in [-0.4, -0.2) is 36.3 Å². The van der Waals surface area contributed by atoms with Crippen molar-refractivity contribution in [2.24, 2.45) is 17.1 Å². The van der Waals surface area contributed by atoms with Gasteiger partial charge >= 0.3 is 0 Å². The molecule has 0 radical (unpaired) electrons. The van der Waals surface area contributed by atoms with Gasteiger partial charge in [0.2, 0.25) is 11.8 Å². The van der Waals surface area contributed by atoms with Gasteiger partial charge in [-0.25, -0.2) is 0 Å². The molecule has 2 aromatic rings. The SMILES string of the molecule is CC(C)(C)C(=O)N1CCCC(C(=O)NC(CN)c2ccc3ccccc3c2)C1. The Hall–Kier alpha value is -2.40. The Bertz CT molecular complexity index is 856. The molecule has 1 saturated heterocycles. The predicted octanol–water partition coefficient (Wildman–Crippen LogP) is 3.24. The van der Waals surface area contributed by atoms with Crippen LogP contribution in [0.3, 0.4) is 0 Å². The molecule has 0 spiro atoms. The van der Waals surface area contributed by atoms with Crippen LogP contribution in [0, 0.1) is 11.3 Å². The van der Waals surface area contributed by atoms with Gasteiger partial charge in [-0.1, -0.05) is 57.2 Å². The molecule has 2 unspecified atom stereocenters. The summed E-state index contributed by atoms with van der Waals surface area (Å²) in [7, 11) is 0. The van der Waals surface area contributed by atoms with Crippen molar-refractivity contribution in [3.8, 4) is 0 Å². The maximum absolute atomic E-state index is 12.9. The van der Waals surface area contributed by atoms with Gasteiger partial charge in [-0.3, -0.25) is 9.59 Å². The van der Waals surface area contributed by atoms with Crippen LogP contribution in [0.15, 0.2) is 42.5 Å². The molecule has 2 aromatic carbocycles. The highest BCUT2D eigenvalue weighted by molar-refractivity contribution is 5.85. The average Bonchev–Trinajstić information content (AvgIpc) is 2.70. The lowest BCUT2D eigenvalue weighted by Crippen LogP contribution is -2.49. The summed E-state index contributed by atoms with van der Waals surface area (Å²) in [5.74, 6) is -0.0977. The smallest absolute Gasteiger partial charge is 0.227 e. The molecule has 0 aliphatic carbocycles. The van der Waals surface area contributed by atoms with Crippen LogP contribution in [0.4, 0.5) is 0 Å². The van der Waals surface area contributed by atoms with Crippen molar-refractivity contribution in [3.05, 3.63) is 48.0 Å². The number of likely N-dealkylation sites (tertiary alicyclic amines) is 1. The number of fused-ring (bicyclic) bond motifs is 1. The van der Waals surface area contributed by atoms with Crippen molar-refractivity contribution >= 4 is 22.6 Å². The van der Waals surface area contributed by atoms with Gasteiger partial charge in [-0.05, 0) is 35.2 Å². The summed E-state index contributed by atoms with van der Waals surface area (Å²) < 4.78 is 0. The quantitative estimate of drug-likeness (QED) is 0.854. The summed E-state index contributed by atoms with van der Waals surface area (Å²) in [4.78, 5) is 27.3. The third-order valence-electron chi connectivity index (χ3n) is 5.45. The van der Waals surface area contributed by atoms with E-state index in [0.717, 1.165) is 35.7 Å². The molecule has 5 heteroatoms. The van der Waals surface area contributed by atoms with Crippen LogP contribution in [0.2, 0.25) is 0 Å². The van der Waals surface area contributed by atoms with Crippen LogP contribution in [0.5, 0.6) is 0 Å². The van der Waals surface area contributed by atoms with Crippen LogP contribution in [0.25, 0.3) is 10.8 Å². The third-order valence-corrected chi connectivity index (χ3v) is 5.45. The van der Waals surface area contributed by atoms with E-state index in [1.54, 1.807) is 0 Å². The monoisotopic (exact) mass is 381 g/mol. The fraction of sp³-hybridized carbons (Fsp3) is 0.478. The van der Waals surface area contributed by atoms with E-state index in [-0.39, 0.29) is 23.8 Å². The molecule has 3 N–H and O–H groups in total. The summed E-state index contributed by atoms with van der Waals surface area (Å²) in [6.07, 6.45) is 1.65. The molecule has 0 aromatic heterocycles. The van der Waals surface area contributed by atoms with Crippen LogP contribution < -0.4 is 11.1 Å². The summed E-state index contributed by atoms with van der Waals surface area (Å²) in [6, 6.07) is 14.1. The number of carbonyl (C=O) groups excluding carboxylic acids is 2. The Kier molecular flexibility index (Phi) is 6.04. The molecule has 3 rings (SSSR count). The first-order valence-corrected chi connectivity index (χ1v) is 10.1. The molecule has 28 heavy (non-hydrogen) atoms. The van der Waals surface area contributed by atoms with E-state index >= 15 is 0 Å². The van der Waals surface area contributed by atoms with E-state index in [0.29, 0.717) is 13.1 Å². The number of carbonyl (C=O) groups is 2. The van der Waals surface area contributed by atoms with Crippen molar-refractivity contribution in [1.29, 1.82) is 0 Å². The summed E-state index contributed by atoms with van der Waals surface area (Å²) in [6.45, 7) is 7.30. The normalized spacial score (nSPS) is 18.7. The molecule has 1 aliphatic rings. The predicted molar refractivity (Wildman–Crippen MR) is 113 cm³/mol. The highest BCUT2D eigenvalue weighted by Gasteiger charge is 2.33. The van der Waals surface area contributed by atoms with E-state index in [1.807, 2.05) is 43.9 Å². The van der Waals surface area contributed by atoms with E-state index in [4.69, 9.17) is 5.73 Å². The van der Waals surface area contributed by atoms with Gasteiger partial charge in [0.25, 0.3) is 0 Å². The van der Waals surface area contributed by atoms with Gasteiger partial charge in [-0.15, -0.1) is 0 Å². The maximum Gasteiger partial charge on any atom is 0.227 e. The zero-order chi connectivity index (χ0) is 20.3. The van der Waals surface area contributed by atoms with E-state index in [1.165, 1.54) is 0 Å². The molecule has 1 aliphatic heterocycles. The van der Waals surface area contributed by atoms with Crippen LogP contribution in [0.1, 0.15) is 45.2 Å². The first-order chi connectivity index (χ1) is 13.3. The van der Waals surface area contributed by atoms with Crippen molar-refractivity contribution in [2.45, 2.75) is 39.7 Å². The number of rotatable bonds is 4. The van der Waals surface area contributed by atoms with Crippen molar-refractivity contribution in [2.75, 3.05) is 19.6 Å². The minimum Gasteiger partial charge on any atom is -0.348 e. The second kappa shape index (κ2) is 8.31. The summed E-state index contributed by atoms with van der Waals surface area (Å²) in [5.41, 5.74) is 6.56. The van der Waals surface area contributed by atoms with E-state index in [2.05, 4.69) is 29.6 Å². The van der Waals surface area contributed by atoms with Crippen molar-refractivity contribution in [1.82, 2.24) is 10.2 Å². The Morgan fingerprint density at radius 1 is 1.18 bits per heavy atom. The highest BCUT2D eigenvalue weighted by Crippen LogP contribution is 2.25. The lowest BCUT2D eigenvalue weighted by Gasteiger charge is -2.36. The number of piperidine rings is 1. The molecule has 2 atom stereocenters. The Balaban J connectivity index is 1.70. The summed E-state index contributed by atoms with van der Waals surface area (Å²) >= 11 is 0. The van der Waals surface area contributed by atoms with Gasteiger partial charge in [-0.2, -0.15) is 0 Å². The molecule has 1 heterocycles. The zero-order valence-electron chi connectivity index (χ0n) is 17.1. The Labute approximate surface area is 167 Å². The first kappa shape index (κ1) is 20.3. The lowest BCUT2D eigenvalue weighted by atomic mass is 9.90. The first-order valence-electron chi connectivity index (χ1n) is 10.1. The maximum atomic E-state index is 12.9. The molecule has 5 nitrogen and oxygen atoms in total. The molecule has 0 bridgehead atoms. The highest BCUT2D eigenvalue weighted by atomic mass is 16.2. The third kappa shape index (κ3) is 4.53. The van der Waals surface area contributed by atoms with Crippen molar-refractivity contribution in [3.63, 3.8) is 0 Å². The van der Waals surface area contributed by atoms with Gasteiger partial charge in [0.15, 0.2) is 0 Å². The largest absolute Gasteiger partial charge is 0.348 e. The van der Waals surface area contributed by atoms with Gasteiger partial charge in [0.05, 0.1) is 12.0 Å². The molecule has 0 saturated carbocycles. The van der Waals surface area contributed by atoms with Crippen molar-refractivity contribution < 1.29 is 9.59 Å². The topological polar surface area (TPSA) is 75.4 Å². The summed E-state index contributed by atoms with van der Waals surface area (Å²) in [5, 5.41) is 5.41. The number of nitrogens with one attached hydrogen (secondary N) is 1. The number of nitrogens with zero attached hydrogens (tertiary/aromatic N) is 1. The van der Waals surface area contributed by atoms with Crippen LogP contribution in [-0.2, 0) is 9.59 Å². The van der Waals surface area contributed by atoms with E-state index < -0.39 is 5.41 Å². The standard InChI is InChI=1S/C23H31N3O2/c1-23(2,3)22(28)26-12-6-9-19(15-26)21(27)25-20(14-24)18-11-10-16-7-4-5-8-17(16)13-18/h4-5,7-8,10-11,13,19-20H,6,9,12,14-15,24H2,1-3H3,(H,25,27). The minimum absolute atomic E-state index is 0.0185. The zero-order valence-corrected chi connectivity index (χ0v) is 17.1. The lowest BCUT2D eigenvalue weighted by molar-refractivity contribution is -0.142. The Morgan fingerprint density at radius 3 is 2.57 bits per heavy atom. The van der Waals surface area contributed by atoms with Crippen LogP contribution >= 0.6 is 0 Å². The van der Waals surface area contributed by atoms with Gasteiger partial charge in [0, 0.05) is 25.0 Å². The minimum atomic E-state index is -0.427. The van der Waals surface area contributed by atoms with E-state index in [9.17, 15) is 9.59 Å². The number of hydrogen-bond acceptors (Lipinski definition) is 3. The second-order valence-electron chi connectivity index (χ2n) is 8.74. The number of amides is 2. The van der Waals surface area contributed by atoms with Gasteiger partial charge in [0.1, 0.15) is 0 Å². The molecular weight excluding hydrogens is 350 g/mol. The second-order valence-corrected chi connectivity index (χ2v) is 8.74. The number of benzene rings is 2. The fourth-order valence-corrected chi connectivity index (χ4v) is 3.84. The molecule has 2 amide bonds. The molecule has 150 valence electrons. The Morgan fingerprint density at radius 2 is 1.89 bits per heavy atom. The molecule has 1 fully saturated rings. The fourth-order valence-electron chi connectivity index (χ4n) is 3.84.